The number of pyridine rings is 2. The van der Waals surface area contributed by atoms with Crippen molar-refractivity contribution >= 4 is 21.8 Å². The molecule has 10 aromatic rings. The van der Waals surface area contributed by atoms with Crippen molar-refractivity contribution in [1.82, 2.24) is 29.1 Å². The molecule has 0 amide bonds. The second-order valence-corrected chi connectivity index (χ2v) is 29.2. The zero-order valence-corrected chi connectivity index (χ0v) is 56.9. The van der Waals surface area contributed by atoms with Gasteiger partial charge in [0.25, 0.3) is 0 Å². The first-order valence-corrected chi connectivity index (χ1v) is 33.0. The fourth-order valence-electron chi connectivity index (χ4n) is 12.2. The van der Waals surface area contributed by atoms with Crippen LogP contribution in [0.25, 0.3) is 21.8 Å². The number of hydrogen-bond donors (Lipinski definition) is 0. The van der Waals surface area contributed by atoms with Gasteiger partial charge in [0.15, 0.2) is 0 Å². The Morgan fingerprint density at radius 3 is 0.902 bits per heavy atom. The van der Waals surface area contributed by atoms with Crippen LogP contribution >= 0.6 is 0 Å². The lowest BCUT2D eigenvalue weighted by molar-refractivity contribution is 0.264. The Hall–Kier alpha value is -8.64. The van der Waals surface area contributed by atoms with Gasteiger partial charge in [-0.05, 0) is 138 Å². The lowest BCUT2D eigenvalue weighted by atomic mass is 9.79. The van der Waals surface area contributed by atoms with E-state index >= 15 is 0 Å². The second-order valence-electron chi connectivity index (χ2n) is 29.2. The van der Waals surface area contributed by atoms with Crippen molar-refractivity contribution < 1.29 is 28.4 Å². The second kappa shape index (κ2) is 27.3. The topological polar surface area (TPSA) is 117 Å². The molecule has 12 nitrogen and oxygen atoms in total. The summed E-state index contributed by atoms with van der Waals surface area (Å²) in [5.74, 6) is 6.72. The number of aromatic nitrogens is 6. The summed E-state index contributed by atoms with van der Waals surface area (Å²) in [6, 6.07) is 39.4. The molecule has 0 saturated carbocycles. The van der Waals surface area contributed by atoms with E-state index < -0.39 is 0 Å². The first-order valence-electron chi connectivity index (χ1n) is 33.0. The van der Waals surface area contributed by atoms with E-state index in [0.29, 0.717) is 52.1 Å². The van der Waals surface area contributed by atoms with Crippen molar-refractivity contribution in [2.45, 2.75) is 169 Å². The number of rotatable bonds is 20. The monoisotopic (exact) mass is 1230 g/mol. The zero-order valence-electron chi connectivity index (χ0n) is 56.9. The van der Waals surface area contributed by atoms with E-state index in [-0.39, 0.29) is 34.9 Å². The lowest BCUT2D eigenvalue weighted by Crippen LogP contribution is -2.18. The van der Waals surface area contributed by atoms with Gasteiger partial charge in [-0.3, -0.25) is 9.97 Å². The van der Waals surface area contributed by atoms with Gasteiger partial charge in [-0.1, -0.05) is 168 Å². The third kappa shape index (κ3) is 15.3. The molecule has 92 heavy (non-hydrogen) atoms. The van der Waals surface area contributed by atoms with Gasteiger partial charge in [0.2, 0.25) is 0 Å². The fourth-order valence-corrected chi connectivity index (χ4v) is 12.2. The molecule has 0 spiro atoms. The molecule has 0 atom stereocenters. The highest BCUT2D eigenvalue weighted by molar-refractivity contribution is 5.85. The lowest BCUT2D eigenvalue weighted by Gasteiger charge is -2.29. The molecule has 0 unspecified atom stereocenters. The molecule has 1 aliphatic rings. The van der Waals surface area contributed by atoms with Gasteiger partial charge in [-0.15, -0.1) is 0 Å². The van der Waals surface area contributed by atoms with Gasteiger partial charge in [0.1, 0.15) is 70.4 Å². The van der Waals surface area contributed by atoms with Crippen LogP contribution in [0.4, 0.5) is 0 Å². The average Bonchev–Trinajstić information content (AvgIpc) is 0.875. The van der Waals surface area contributed by atoms with Gasteiger partial charge < -0.3 is 37.6 Å². The van der Waals surface area contributed by atoms with Crippen LogP contribution in [0, 0.1) is 0 Å². The Balaban J connectivity index is 1.08. The molecule has 0 saturated heterocycles. The number of nitrogens with zero attached hydrogens (tertiary/aromatic N) is 6. The summed E-state index contributed by atoms with van der Waals surface area (Å²) in [6.07, 6.45) is 16.6. The molecule has 0 N–H and O–H groups in total. The van der Waals surface area contributed by atoms with E-state index in [2.05, 4.69) is 166 Å². The smallest absolute Gasteiger partial charge is 0.146 e. The third-order valence-corrected chi connectivity index (χ3v) is 17.8. The number of aryl methyl sites for hydroxylation is 2. The summed E-state index contributed by atoms with van der Waals surface area (Å²) < 4.78 is 46.4. The first-order chi connectivity index (χ1) is 43.9. The first kappa shape index (κ1) is 64.9. The Labute approximate surface area is 545 Å². The van der Waals surface area contributed by atoms with Crippen LogP contribution in [0.2, 0.25) is 0 Å². The summed E-state index contributed by atoms with van der Waals surface area (Å²) >= 11 is 0. The number of para-hydroxylation sites is 2. The van der Waals surface area contributed by atoms with Gasteiger partial charge in [-0.2, -0.15) is 0 Å². The van der Waals surface area contributed by atoms with Gasteiger partial charge in [-0.25, -0.2) is 9.97 Å². The normalized spacial score (nSPS) is 12.9. The van der Waals surface area contributed by atoms with E-state index in [4.69, 9.17) is 38.4 Å². The number of ether oxygens (including phenoxy) is 6. The Kier molecular flexibility index (Phi) is 19.2. The van der Waals surface area contributed by atoms with Crippen LogP contribution in [0.3, 0.4) is 0 Å². The maximum absolute atomic E-state index is 7.38. The van der Waals surface area contributed by atoms with Crippen LogP contribution in [0.15, 0.2) is 146 Å². The van der Waals surface area contributed by atoms with Crippen molar-refractivity contribution in [2.75, 3.05) is 26.4 Å². The predicted octanol–water partition coefficient (Wildman–Crippen LogP) is 17.8. The molecule has 4 heterocycles. The summed E-state index contributed by atoms with van der Waals surface area (Å²) in [7, 11) is 4.06. The Morgan fingerprint density at radius 2 is 0.620 bits per heavy atom. The zero-order chi connectivity index (χ0) is 65.0. The molecule has 0 fully saturated rings. The van der Waals surface area contributed by atoms with Crippen LogP contribution in [-0.4, -0.2) is 55.5 Å². The highest BCUT2D eigenvalue weighted by Gasteiger charge is 2.30. The fraction of sp³-hybridized carbons (Fsp3) is 0.400. The van der Waals surface area contributed by atoms with E-state index in [1.54, 1.807) is 0 Å². The highest BCUT2D eigenvalue weighted by atomic mass is 16.5. The van der Waals surface area contributed by atoms with Crippen molar-refractivity contribution in [1.29, 1.82) is 0 Å². The quantitative estimate of drug-likeness (QED) is 0.0683. The van der Waals surface area contributed by atoms with E-state index in [1.165, 1.54) is 22.3 Å². The third-order valence-electron chi connectivity index (χ3n) is 17.8. The maximum Gasteiger partial charge on any atom is 0.146 e. The Bertz CT molecular complexity index is 3850. The van der Waals surface area contributed by atoms with Gasteiger partial charge >= 0.3 is 0 Å². The summed E-state index contributed by atoms with van der Waals surface area (Å²) in [5, 5.41) is 2.12. The molecule has 480 valence electrons. The molecule has 4 aromatic heterocycles. The summed E-state index contributed by atoms with van der Waals surface area (Å²) in [4.78, 5) is 18.9. The van der Waals surface area contributed by atoms with Crippen LogP contribution < -0.4 is 28.4 Å². The van der Waals surface area contributed by atoms with Gasteiger partial charge in [0, 0.05) is 87.7 Å². The minimum absolute atomic E-state index is 0.215. The summed E-state index contributed by atoms with van der Waals surface area (Å²) in [6.45, 7) is 30.3. The van der Waals surface area contributed by atoms with Crippen molar-refractivity contribution in [2.24, 2.45) is 14.1 Å². The number of hydrogen-bond acceptors (Lipinski definition) is 10. The molecule has 6 aromatic carbocycles. The van der Waals surface area contributed by atoms with Crippen molar-refractivity contribution in [3.63, 3.8) is 0 Å². The predicted molar refractivity (Wildman–Crippen MR) is 371 cm³/mol. The highest BCUT2D eigenvalue weighted by Crippen LogP contribution is 2.45. The van der Waals surface area contributed by atoms with Crippen LogP contribution in [0.1, 0.15) is 187 Å². The van der Waals surface area contributed by atoms with Crippen molar-refractivity contribution in [3.05, 3.63) is 225 Å². The maximum atomic E-state index is 7.38. The average molecular weight is 1240 g/mol. The molecular formula is C80H94N6O6. The minimum atomic E-state index is -0.217. The number of benzene rings is 6. The summed E-state index contributed by atoms with van der Waals surface area (Å²) in [5.41, 5.74) is 14.5. The molecule has 0 radical (unpaired) electrons. The number of fused-ring (bicyclic) bond motifs is 10. The van der Waals surface area contributed by atoms with Crippen LogP contribution in [-0.2, 0) is 74.7 Å². The van der Waals surface area contributed by atoms with E-state index in [1.807, 2.05) is 96.8 Å². The molecule has 12 heteroatoms. The van der Waals surface area contributed by atoms with Gasteiger partial charge in [0.05, 0.1) is 26.4 Å². The largest absolute Gasteiger partial charge is 0.493 e. The Morgan fingerprint density at radius 1 is 0.337 bits per heavy atom. The SMILES string of the molecule is Cn1ccnc1COc1c2cc(C(C)(C)C)cc1Cc1cc(C(C)(C)C)cc(c1OCCCCOc1cccc3cccnc13)Cc1cc(C(C)(C)C)cc(c1OCc1nccn1C)Cc1cc(C(C)(C)C)cc(c1OCCCCOc1cccc3cccnc13)C2. The minimum Gasteiger partial charge on any atom is -0.493 e. The van der Waals surface area contributed by atoms with Crippen LogP contribution in [0.5, 0.6) is 34.5 Å². The molecule has 0 aliphatic heterocycles. The van der Waals surface area contributed by atoms with Crippen molar-refractivity contribution in [3.8, 4) is 34.5 Å². The molecule has 11 rings (SSSR count). The number of imidazole rings is 2. The van der Waals surface area contributed by atoms with E-state index in [0.717, 1.165) is 138 Å². The standard InChI is InChI=1S/C80H94N6O6/c1-77(2,3)63-43-55-39-59-47-65(79(7,8)9)49-61(75(59)91-51-69-81-31-33-85(69)13)41-57-45-64(78(4,5)6)46-58(74(57)90-38-18-16-36-88-68-28-20-24-54-26-22-30-84-72(54)68)42-62-50-66(80(10,11)12)48-60(76(62)92-52-70-82-32-34-86(70)14)40-56(44-63)73(55)89-37-17-15-35-87-67-27-19-23-53-25-21-29-83-71(53)67/h19-34,43-50H,15-18,35-42,51-52H2,1-14H3. The molecular weight excluding hydrogens is 1140 g/mol. The van der Waals surface area contributed by atoms with E-state index in [9.17, 15) is 0 Å². The number of unbranched alkanes of at least 4 members (excludes halogenated alkanes) is 2. The molecule has 8 bridgehead atoms. The molecule has 1 aliphatic carbocycles.